The highest BCUT2D eigenvalue weighted by Gasteiger charge is 2.32. The summed E-state index contributed by atoms with van der Waals surface area (Å²) in [7, 11) is 0. The molecule has 1 unspecified atom stereocenters. The molecular weight excluding hydrogens is 270 g/mol. The maximum Gasteiger partial charge on any atom is 0.325 e. The van der Waals surface area contributed by atoms with E-state index < -0.39 is 12.0 Å². The van der Waals surface area contributed by atoms with Crippen molar-refractivity contribution in [3.63, 3.8) is 0 Å². The number of carboxylic acids is 1. The van der Waals surface area contributed by atoms with Gasteiger partial charge in [-0.05, 0) is 36.6 Å². The molecule has 0 radical (unpaired) electrons. The van der Waals surface area contributed by atoms with Crippen LogP contribution in [-0.4, -0.2) is 22.5 Å². The Kier molecular flexibility index (Phi) is 3.59. The van der Waals surface area contributed by atoms with Gasteiger partial charge >= 0.3 is 5.97 Å². The second kappa shape index (κ2) is 5.38. The molecule has 0 bridgehead atoms. The summed E-state index contributed by atoms with van der Waals surface area (Å²) < 4.78 is 0. The van der Waals surface area contributed by atoms with Crippen molar-refractivity contribution in [1.29, 1.82) is 0 Å². The van der Waals surface area contributed by atoms with Gasteiger partial charge in [0.25, 0.3) is 0 Å². The predicted molar refractivity (Wildman–Crippen MR) is 80.0 cm³/mol. The molecule has 0 saturated carbocycles. The monoisotopic (exact) mass is 287 g/mol. The number of aryl methyl sites for hydroxylation is 1. The van der Waals surface area contributed by atoms with Gasteiger partial charge in [0.15, 0.2) is 0 Å². The molecule has 0 amide bonds. The first-order valence-corrected chi connectivity index (χ1v) is 7.57. The van der Waals surface area contributed by atoms with Crippen LogP contribution in [0.2, 0.25) is 0 Å². The fourth-order valence-electron chi connectivity index (χ4n) is 2.85. The van der Waals surface area contributed by atoms with Gasteiger partial charge in [0.1, 0.15) is 6.04 Å². The first-order valence-electron chi connectivity index (χ1n) is 6.75. The van der Waals surface area contributed by atoms with Crippen molar-refractivity contribution in [2.75, 3.05) is 6.54 Å². The van der Waals surface area contributed by atoms with Gasteiger partial charge in [-0.15, -0.1) is 11.3 Å². The zero-order chi connectivity index (χ0) is 14.1. The highest BCUT2D eigenvalue weighted by atomic mass is 32.1. The van der Waals surface area contributed by atoms with E-state index in [9.17, 15) is 9.90 Å². The molecule has 1 aromatic carbocycles. The summed E-state index contributed by atoms with van der Waals surface area (Å²) in [6, 6.07) is 11.6. The van der Waals surface area contributed by atoms with Crippen LogP contribution in [0, 0.1) is 6.92 Å². The van der Waals surface area contributed by atoms with Gasteiger partial charge in [-0.25, -0.2) is 0 Å². The largest absolute Gasteiger partial charge is 0.480 e. The van der Waals surface area contributed by atoms with Gasteiger partial charge < -0.3 is 5.11 Å². The average molecular weight is 287 g/mol. The molecule has 3 nitrogen and oxygen atoms in total. The minimum Gasteiger partial charge on any atom is -0.480 e. The Labute approximate surface area is 122 Å². The Morgan fingerprint density at radius 1 is 1.35 bits per heavy atom. The molecule has 4 heteroatoms. The molecule has 2 heterocycles. The first-order chi connectivity index (χ1) is 9.65. The topological polar surface area (TPSA) is 40.5 Å². The summed E-state index contributed by atoms with van der Waals surface area (Å²) in [5, 5.41) is 9.60. The number of benzene rings is 1. The summed E-state index contributed by atoms with van der Waals surface area (Å²) in [4.78, 5) is 16.2. The zero-order valence-corrected chi connectivity index (χ0v) is 12.2. The number of hydrogen-bond donors (Lipinski definition) is 1. The lowest BCUT2D eigenvalue weighted by atomic mass is 9.92. The van der Waals surface area contributed by atoms with E-state index in [1.807, 2.05) is 24.3 Å². The SMILES string of the molecule is Cc1ccc(CN2CCc3ccccc3C2C(=O)O)s1. The fraction of sp³-hybridized carbons (Fsp3) is 0.312. The number of thiophene rings is 1. The number of rotatable bonds is 3. The highest BCUT2D eigenvalue weighted by Crippen LogP contribution is 2.32. The molecule has 1 atom stereocenters. The molecule has 1 N–H and O–H groups in total. The lowest BCUT2D eigenvalue weighted by Crippen LogP contribution is -2.39. The van der Waals surface area contributed by atoms with Gasteiger partial charge in [-0.3, -0.25) is 9.69 Å². The molecular formula is C16H17NO2S. The highest BCUT2D eigenvalue weighted by molar-refractivity contribution is 7.11. The number of fused-ring (bicyclic) bond motifs is 1. The second-order valence-corrected chi connectivity index (χ2v) is 6.54. The van der Waals surface area contributed by atoms with Crippen LogP contribution in [0.25, 0.3) is 0 Å². The number of carbonyl (C=O) groups is 1. The smallest absolute Gasteiger partial charge is 0.325 e. The zero-order valence-electron chi connectivity index (χ0n) is 11.4. The number of hydrogen-bond acceptors (Lipinski definition) is 3. The van der Waals surface area contributed by atoms with Crippen LogP contribution in [0.1, 0.15) is 26.9 Å². The Balaban J connectivity index is 1.90. The Morgan fingerprint density at radius 2 is 2.15 bits per heavy atom. The molecule has 1 aliphatic rings. The van der Waals surface area contributed by atoms with Crippen LogP contribution >= 0.6 is 11.3 Å². The first kappa shape index (κ1) is 13.3. The third-order valence-electron chi connectivity index (χ3n) is 3.77. The van der Waals surface area contributed by atoms with E-state index in [0.29, 0.717) is 6.54 Å². The third kappa shape index (κ3) is 2.49. The summed E-state index contributed by atoms with van der Waals surface area (Å²) in [6.07, 6.45) is 0.921. The van der Waals surface area contributed by atoms with Gasteiger partial charge in [0.2, 0.25) is 0 Å². The van der Waals surface area contributed by atoms with Gasteiger partial charge in [0.05, 0.1) is 0 Å². The van der Waals surface area contributed by atoms with Crippen molar-refractivity contribution in [2.45, 2.75) is 25.9 Å². The van der Waals surface area contributed by atoms with Crippen LogP contribution in [0.3, 0.4) is 0 Å². The maximum absolute atomic E-state index is 11.7. The van der Waals surface area contributed by atoms with Crippen LogP contribution in [-0.2, 0) is 17.8 Å². The molecule has 2 aromatic rings. The number of carboxylic acid groups (broad SMARTS) is 1. The van der Waals surface area contributed by atoms with Crippen LogP contribution < -0.4 is 0 Å². The third-order valence-corrected chi connectivity index (χ3v) is 4.76. The number of aliphatic carboxylic acids is 1. The van der Waals surface area contributed by atoms with E-state index in [1.54, 1.807) is 11.3 Å². The van der Waals surface area contributed by atoms with E-state index in [0.717, 1.165) is 18.5 Å². The van der Waals surface area contributed by atoms with E-state index in [1.165, 1.54) is 15.3 Å². The molecule has 0 aliphatic carbocycles. The number of nitrogens with zero attached hydrogens (tertiary/aromatic N) is 1. The molecule has 3 rings (SSSR count). The molecule has 20 heavy (non-hydrogen) atoms. The van der Waals surface area contributed by atoms with E-state index >= 15 is 0 Å². The minimum absolute atomic E-state index is 0.526. The molecule has 0 fully saturated rings. The van der Waals surface area contributed by atoms with Crippen LogP contribution in [0.5, 0.6) is 0 Å². The van der Waals surface area contributed by atoms with Crippen molar-refractivity contribution in [3.8, 4) is 0 Å². The van der Waals surface area contributed by atoms with Crippen molar-refractivity contribution in [1.82, 2.24) is 4.90 Å². The lowest BCUT2D eigenvalue weighted by molar-refractivity contribution is -0.144. The van der Waals surface area contributed by atoms with Crippen molar-refractivity contribution >= 4 is 17.3 Å². The molecule has 0 spiro atoms. The van der Waals surface area contributed by atoms with E-state index in [2.05, 4.69) is 24.0 Å². The summed E-state index contributed by atoms with van der Waals surface area (Å²) in [5.41, 5.74) is 2.11. The Hall–Kier alpha value is -1.65. The summed E-state index contributed by atoms with van der Waals surface area (Å²) in [6.45, 7) is 3.59. The van der Waals surface area contributed by atoms with Crippen molar-refractivity contribution < 1.29 is 9.90 Å². The normalized spacial score (nSPS) is 18.8. The molecule has 1 aromatic heterocycles. The molecule has 104 valence electrons. The fourth-order valence-corrected chi connectivity index (χ4v) is 3.76. The summed E-state index contributed by atoms with van der Waals surface area (Å²) in [5.74, 6) is -0.759. The average Bonchev–Trinajstić information content (AvgIpc) is 2.83. The van der Waals surface area contributed by atoms with Crippen LogP contribution in [0.4, 0.5) is 0 Å². The quantitative estimate of drug-likeness (QED) is 0.942. The Bertz CT molecular complexity index is 635. The standard InChI is InChI=1S/C16H17NO2S/c1-11-6-7-13(20-11)10-17-9-8-12-4-2-3-5-14(12)15(17)16(18)19/h2-7,15H,8-10H2,1H3,(H,18,19). The van der Waals surface area contributed by atoms with Crippen molar-refractivity contribution in [2.24, 2.45) is 0 Å². The van der Waals surface area contributed by atoms with E-state index in [4.69, 9.17) is 0 Å². The molecule has 0 saturated heterocycles. The van der Waals surface area contributed by atoms with Gasteiger partial charge in [-0.2, -0.15) is 0 Å². The predicted octanol–water partition coefficient (Wildman–Crippen LogP) is 3.24. The summed E-state index contributed by atoms with van der Waals surface area (Å²) >= 11 is 1.74. The lowest BCUT2D eigenvalue weighted by Gasteiger charge is -2.34. The van der Waals surface area contributed by atoms with Gasteiger partial charge in [0, 0.05) is 22.8 Å². The minimum atomic E-state index is -0.759. The van der Waals surface area contributed by atoms with Crippen LogP contribution in [0.15, 0.2) is 36.4 Å². The van der Waals surface area contributed by atoms with E-state index in [-0.39, 0.29) is 0 Å². The van der Waals surface area contributed by atoms with Gasteiger partial charge in [-0.1, -0.05) is 24.3 Å². The molecule has 1 aliphatic heterocycles. The maximum atomic E-state index is 11.7. The second-order valence-electron chi connectivity index (χ2n) is 5.17. The Morgan fingerprint density at radius 3 is 2.85 bits per heavy atom. The van der Waals surface area contributed by atoms with Crippen molar-refractivity contribution in [3.05, 3.63) is 57.3 Å².